The fourth-order valence-corrected chi connectivity index (χ4v) is 6.72. The minimum atomic E-state index is -0.806. The Labute approximate surface area is 193 Å². The molecule has 3 aromatic rings. The van der Waals surface area contributed by atoms with Crippen molar-refractivity contribution < 1.29 is 13.9 Å². The highest BCUT2D eigenvalue weighted by molar-refractivity contribution is 5.89. The van der Waals surface area contributed by atoms with Gasteiger partial charge in [-0.25, -0.2) is 4.39 Å². The van der Waals surface area contributed by atoms with Gasteiger partial charge in [0.1, 0.15) is 5.82 Å². The molecule has 0 spiro atoms. The van der Waals surface area contributed by atoms with Crippen LogP contribution in [0.25, 0.3) is 10.9 Å². The molecule has 3 aliphatic heterocycles. The number of nitrogens with one attached hydrogen (secondary N) is 1. The first-order valence-corrected chi connectivity index (χ1v) is 12.2. The first-order chi connectivity index (χ1) is 16.2. The summed E-state index contributed by atoms with van der Waals surface area (Å²) in [4.78, 5) is 16.3. The monoisotopic (exact) mass is 447 g/mol. The number of fused-ring (bicyclic) bond motifs is 3. The number of carbonyl (C=O) groups is 1. The van der Waals surface area contributed by atoms with E-state index in [1.165, 1.54) is 17.0 Å². The molecule has 1 aromatic heterocycles. The number of piperidine rings is 1. The van der Waals surface area contributed by atoms with Gasteiger partial charge in [-0.1, -0.05) is 30.3 Å². The van der Waals surface area contributed by atoms with E-state index in [1.54, 1.807) is 12.1 Å². The number of carbonyl (C=O) groups excluding carboxylic acids is 1. The SMILES string of the molecule is O=C(N1[C@H]2CC[C@H]1CC(Cc1cccc3[nH]ncc13)C2)C1(c2ccccc2F)CCOCC1. The van der Waals surface area contributed by atoms with E-state index in [0.717, 1.165) is 37.6 Å². The lowest BCUT2D eigenvalue weighted by Gasteiger charge is -2.46. The van der Waals surface area contributed by atoms with Gasteiger partial charge < -0.3 is 9.64 Å². The van der Waals surface area contributed by atoms with Crippen molar-refractivity contribution in [2.24, 2.45) is 5.92 Å². The molecule has 1 N–H and O–H groups in total. The van der Waals surface area contributed by atoms with Crippen LogP contribution >= 0.6 is 0 Å². The van der Waals surface area contributed by atoms with E-state index >= 15 is 0 Å². The van der Waals surface area contributed by atoms with Gasteiger partial charge in [-0.15, -0.1) is 0 Å². The minimum absolute atomic E-state index is 0.124. The number of hydrogen-bond donors (Lipinski definition) is 1. The van der Waals surface area contributed by atoms with Crippen molar-refractivity contribution in [1.29, 1.82) is 0 Å². The molecule has 3 aliphatic rings. The Morgan fingerprint density at radius 2 is 1.85 bits per heavy atom. The number of ether oxygens (including phenoxy) is 1. The Balaban J connectivity index is 1.26. The zero-order valence-electron chi connectivity index (χ0n) is 18.8. The molecule has 1 amide bonds. The zero-order chi connectivity index (χ0) is 22.4. The molecule has 3 fully saturated rings. The van der Waals surface area contributed by atoms with Gasteiger partial charge in [0.25, 0.3) is 0 Å². The van der Waals surface area contributed by atoms with E-state index in [9.17, 15) is 9.18 Å². The van der Waals surface area contributed by atoms with Gasteiger partial charge in [0.2, 0.25) is 5.91 Å². The number of benzene rings is 2. The molecule has 0 aliphatic carbocycles. The largest absolute Gasteiger partial charge is 0.381 e. The van der Waals surface area contributed by atoms with Gasteiger partial charge in [-0.2, -0.15) is 5.10 Å². The molecule has 0 radical (unpaired) electrons. The van der Waals surface area contributed by atoms with Crippen molar-refractivity contribution in [3.05, 3.63) is 65.6 Å². The Morgan fingerprint density at radius 3 is 2.61 bits per heavy atom. The van der Waals surface area contributed by atoms with Crippen molar-refractivity contribution in [2.45, 2.75) is 62.4 Å². The average Bonchev–Trinajstić information content (AvgIpc) is 3.42. The summed E-state index contributed by atoms with van der Waals surface area (Å²) in [6.45, 7) is 1.00. The molecule has 2 aromatic carbocycles. The third-order valence-electron chi connectivity index (χ3n) is 8.29. The Hall–Kier alpha value is -2.73. The number of aromatic nitrogens is 2. The smallest absolute Gasteiger partial charge is 0.234 e. The highest BCUT2D eigenvalue weighted by Crippen LogP contribution is 2.46. The highest BCUT2D eigenvalue weighted by atomic mass is 19.1. The quantitative estimate of drug-likeness (QED) is 0.627. The van der Waals surface area contributed by atoms with Crippen LogP contribution in [0.4, 0.5) is 4.39 Å². The number of rotatable bonds is 4. The Morgan fingerprint density at radius 1 is 1.09 bits per heavy atom. The summed E-state index contributed by atoms with van der Waals surface area (Å²) in [7, 11) is 0. The van der Waals surface area contributed by atoms with E-state index in [2.05, 4.69) is 33.3 Å². The second kappa shape index (κ2) is 8.24. The lowest BCUT2D eigenvalue weighted by Crippen LogP contribution is -2.56. The van der Waals surface area contributed by atoms with Crippen molar-refractivity contribution in [3.8, 4) is 0 Å². The van der Waals surface area contributed by atoms with Crippen molar-refractivity contribution in [2.75, 3.05) is 13.2 Å². The van der Waals surface area contributed by atoms with Crippen LogP contribution in [0.15, 0.2) is 48.7 Å². The topological polar surface area (TPSA) is 58.2 Å². The van der Waals surface area contributed by atoms with Crippen LogP contribution in [0.3, 0.4) is 0 Å². The number of hydrogen-bond acceptors (Lipinski definition) is 3. The molecule has 6 rings (SSSR count). The predicted octanol–water partition coefficient (Wildman–Crippen LogP) is 4.76. The number of H-pyrrole nitrogens is 1. The van der Waals surface area contributed by atoms with Gasteiger partial charge in [-0.05, 0) is 68.6 Å². The van der Waals surface area contributed by atoms with Crippen LogP contribution in [0.2, 0.25) is 0 Å². The maximum absolute atomic E-state index is 14.9. The van der Waals surface area contributed by atoms with E-state index in [4.69, 9.17) is 4.74 Å². The summed E-state index contributed by atoms with van der Waals surface area (Å²) in [6.07, 6.45) is 8.16. The molecule has 2 bridgehead atoms. The zero-order valence-corrected chi connectivity index (χ0v) is 18.8. The van der Waals surface area contributed by atoms with E-state index in [0.29, 0.717) is 37.5 Å². The summed E-state index contributed by atoms with van der Waals surface area (Å²) in [5.41, 5.74) is 2.15. The van der Waals surface area contributed by atoms with Crippen LogP contribution in [0.5, 0.6) is 0 Å². The molecule has 5 nitrogen and oxygen atoms in total. The summed E-state index contributed by atoms with van der Waals surface area (Å²) in [5, 5.41) is 8.47. The first kappa shape index (κ1) is 20.8. The molecular formula is C27H30FN3O2. The van der Waals surface area contributed by atoms with Gasteiger partial charge in [0.05, 0.1) is 17.1 Å². The van der Waals surface area contributed by atoms with Gasteiger partial charge in [0.15, 0.2) is 0 Å². The minimum Gasteiger partial charge on any atom is -0.381 e. The van der Waals surface area contributed by atoms with Crippen LogP contribution in [0, 0.1) is 11.7 Å². The van der Waals surface area contributed by atoms with Crippen LogP contribution in [0.1, 0.15) is 49.7 Å². The third kappa shape index (κ3) is 3.46. The molecule has 4 heterocycles. The van der Waals surface area contributed by atoms with Crippen LogP contribution < -0.4 is 0 Å². The maximum atomic E-state index is 14.9. The molecule has 2 atom stereocenters. The molecule has 0 unspecified atom stereocenters. The van der Waals surface area contributed by atoms with Gasteiger partial charge >= 0.3 is 0 Å². The first-order valence-electron chi connectivity index (χ1n) is 12.2. The fraction of sp³-hybridized carbons (Fsp3) is 0.481. The van der Waals surface area contributed by atoms with Crippen molar-refractivity contribution >= 4 is 16.8 Å². The normalized spacial score (nSPS) is 26.6. The number of amides is 1. The lowest BCUT2D eigenvalue weighted by molar-refractivity contribution is -0.147. The number of halogens is 1. The molecule has 3 saturated heterocycles. The molecule has 6 heteroatoms. The maximum Gasteiger partial charge on any atom is 0.234 e. The average molecular weight is 448 g/mol. The highest BCUT2D eigenvalue weighted by Gasteiger charge is 2.52. The van der Waals surface area contributed by atoms with Crippen LogP contribution in [-0.2, 0) is 21.4 Å². The van der Waals surface area contributed by atoms with E-state index < -0.39 is 5.41 Å². The predicted molar refractivity (Wildman–Crippen MR) is 124 cm³/mol. The fourth-order valence-electron chi connectivity index (χ4n) is 6.72. The van der Waals surface area contributed by atoms with Crippen LogP contribution in [-0.4, -0.2) is 46.3 Å². The third-order valence-corrected chi connectivity index (χ3v) is 8.29. The number of aromatic amines is 1. The van der Waals surface area contributed by atoms with Gasteiger partial charge in [0, 0.05) is 36.2 Å². The van der Waals surface area contributed by atoms with Crippen molar-refractivity contribution in [3.63, 3.8) is 0 Å². The summed E-state index contributed by atoms with van der Waals surface area (Å²) in [6, 6.07) is 13.7. The van der Waals surface area contributed by atoms with Gasteiger partial charge in [-0.3, -0.25) is 9.89 Å². The Kier molecular flexibility index (Phi) is 5.21. The second-order valence-corrected chi connectivity index (χ2v) is 10.1. The molecule has 0 saturated carbocycles. The second-order valence-electron chi connectivity index (χ2n) is 10.1. The molecular weight excluding hydrogens is 417 g/mol. The standard InChI is InChI=1S/C27H30FN3O2/c28-24-6-2-1-5-23(24)27(10-12-33-13-11-27)26(32)31-20-8-9-21(31)16-18(15-20)14-19-4-3-7-25-22(19)17-29-30-25/h1-7,17-18,20-21H,8-16H2,(H,29,30)/t20-,21-/m0/s1. The van der Waals surface area contributed by atoms with Crippen molar-refractivity contribution in [1.82, 2.24) is 15.1 Å². The van der Waals surface area contributed by atoms with E-state index in [-0.39, 0.29) is 23.8 Å². The lowest BCUT2D eigenvalue weighted by atomic mass is 9.71. The summed E-state index contributed by atoms with van der Waals surface area (Å²) < 4.78 is 20.5. The molecule has 33 heavy (non-hydrogen) atoms. The van der Waals surface area contributed by atoms with E-state index in [1.807, 2.05) is 12.3 Å². The number of nitrogens with zero attached hydrogens (tertiary/aromatic N) is 2. The molecule has 172 valence electrons. The Bertz CT molecular complexity index is 1150. The summed E-state index contributed by atoms with van der Waals surface area (Å²) >= 11 is 0. The summed E-state index contributed by atoms with van der Waals surface area (Å²) in [5.74, 6) is 0.396.